The molecule has 0 atom stereocenters. The SMILES string of the molecule is Cc1ccn2c(NCc3ccccc3)c(-c3ccccc3OC(=O)CCc3ccccc3)nc2c1. The average molecular weight is 462 g/mol. The van der Waals surface area contributed by atoms with Crippen molar-refractivity contribution in [1.82, 2.24) is 9.38 Å². The Morgan fingerprint density at radius 3 is 2.34 bits per heavy atom. The van der Waals surface area contributed by atoms with E-state index < -0.39 is 0 Å². The van der Waals surface area contributed by atoms with Crippen LogP contribution in [-0.2, 0) is 17.8 Å². The molecule has 5 heteroatoms. The number of para-hydroxylation sites is 1. The first kappa shape index (κ1) is 22.4. The molecule has 2 heterocycles. The second kappa shape index (κ2) is 10.3. The summed E-state index contributed by atoms with van der Waals surface area (Å²) in [5, 5.41) is 3.56. The number of fused-ring (bicyclic) bond motifs is 1. The molecule has 0 aliphatic heterocycles. The van der Waals surface area contributed by atoms with Crippen LogP contribution in [0.2, 0.25) is 0 Å². The van der Waals surface area contributed by atoms with Gasteiger partial charge in [0, 0.05) is 24.7 Å². The van der Waals surface area contributed by atoms with E-state index in [1.165, 1.54) is 5.56 Å². The number of nitrogens with zero attached hydrogens (tertiary/aromatic N) is 2. The Labute approximate surface area is 205 Å². The molecule has 0 unspecified atom stereocenters. The predicted octanol–water partition coefficient (Wildman–Crippen LogP) is 6.46. The van der Waals surface area contributed by atoms with E-state index >= 15 is 0 Å². The third-order valence-corrected chi connectivity index (χ3v) is 5.91. The third-order valence-electron chi connectivity index (χ3n) is 5.91. The smallest absolute Gasteiger partial charge is 0.311 e. The van der Waals surface area contributed by atoms with Gasteiger partial charge in [-0.3, -0.25) is 9.20 Å². The first-order chi connectivity index (χ1) is 17.2. The Morgan fingerprint density at radius 2 is 1.57 bits per heavy atom. The standard InChI is InChI=1S/C30H27N3O2/c1-22-18-19-33-27(20-22)32-29(30(33)31-21-24-12-6-3-7-13-24)25-14-8-9-15-26(25)35-28(34)17-16-23-10-4-2-5-11-23/h2-15,18-20,31H,16-17,21H2,1H3. The Kier molecular flexibility index (Phi) is 6.57. The molecule has 0 spiro atoms. The normalized spacial score (nSPS) is 10.9. The van der Waals surface area contributed by atoms with E-state index in [4.69, 9.17) is 9.72 Å². The van der Waals surface area contributed by atoms with Crippen LogP contribution in [0.15, 0.2) is 103 Å². The fourth-order valence-corrected chi connectivity index (χ4v) is 4.10. The van der Waals surface area contributed by atoms with Crippen LogP contribution < -0.4 is 10.1 Å². The molecule has 0 aliphatic rings. The number of carbonyl (C=O) groups excluding carboxylic acids is 1. The molecular formula is C30H27N3O2. The molecular weight excluding hydrogens is 434 g/mol. The van der Waals surface area contributed by atoms with E-state index in [0.717, 1.165) is 33.8 Å². The van der Waals surface area contributed by atoms with Gasteiger partial charge in [0.05, 0.1) is 0 Å². The highest BCUT2D eigenvalue weighted by Crippen LogP contribution is 2.36. The maximum atomic E-state index is 12.7. The van der Waals surface area contributed by atoms with Crippen LogP contribution in [0.1, 0.15) is 23.1 Å². The van der Waals surface area contributed by atoms with Crippen LogP contribution in [0, 0.1) is 6.92 Å². The lowest BCUT2D eigenvalue weighted by molar-refractivity contribution is -0.134. The number of anilines is 1. The molecule has 5 nitrogen and oxygen atoms in total. The van der Waals surface area contributed by atoms with E-state index in [9.17, 15) is 4.79 Å². The largest absolute Gasteiger partial charge is 0.426 e. The number of hydrogen-bond acceptors (Lipinski definition) is 4. The summed E-state index contributed by atoms with van der Waals surface area (Å²) in [7, 11) is 0. The van der Waals surface area contributed by atoms with Crippen molar-refractivity contribution in [3.8, 4) is 17.0 Å². The lowest BCUT2D eigenvalue weighted by Crippen LogP contribution is -2.10. The van der Waals surface area contributed by atoms with Crippen LogP contribution in [0.5, 0.6) is 5.75 Å². The molecule has 0 aliphatic carbocycles. The van der Waals surface area contributed by atoms with Crippen molar-refractivity contribution in [2.45, 2.75) is 26.3 Å². The molecule has 5 rings (SSSR count). The van der Waals surface area contributed by atoms with E-state index in [-0.39, 0.29) is 5.97 Å². The van der Waals surface area contributed by atoms with Gasteiger partial charge in [0.2, 0.25) is 0 Å². The van der Waals surface area contributed by atoms with Crippen molar-refractivity contribution in [2.75, 3.05) is 5.32 Å². The molecule has 35 heavy (non-hydrogen) atoms. The number of benzene rings is 3. The lowest BCUT2D eigenvalue weighted by atomic mass is 10.1. The Bertz CT molecular complexity index is 1440. The Balaban J connectivity index is 1.45. The summed E-state index contributed by atoms with van der Waals surface area (Å²) >= 11 is 0. The topological polar surface area (TPSA) is 55.6 Å². The fraction of sp³-hybridized carbons (Fsp3) is 0.133. The molecule has 0 amide bonds. The highest BCUT2D eigenvalue weighted by Gasteiger charge is 2.19. The number of imidazole rings is 1. The fourth-order valence-electron chi connectivity index (χ4n) is 4.10. The van der Waals surface area contributed by atoms with Gasteiger partial charge in [-0.1, -0.05) is 72.8 Å². The summed E-state index contributed by atoms with van der Waals surface area (Å²) in [5.41, 5.74) is 5.77. The lowest BCUT2D eigenvalue weighted by Gasteiger charge is -2.12. The summed E-state index contributed by atoms with van der Waals surface area (Å²) in [6.45, 7) is 2.70. The van der Waals surface area contributed by atoms with Gasteiger partial charge >= 0.3 is 5.97 Å². The van der Waals surface area contributed by atoms with E-state index in [1.54, 1.807) is 0 Å². The second-order valence-corrected chi connectivity index (χ2v) is 8.54. The minimum Gasteiger partial charge on any atom is -0.426 e. The van der Waals surface area contributed by atoms with Gasteiger partial charge in [-0.25, -0.2) is 4.98 Å². The average Bonchev–Trinajstić information content (AvgIpc) is 3.25. The predicted molar refractivity (Wildman–Crippen MR) is 140 cm³/mol. The van der Waals surface area contributed by atoms with E-state index in [2.05, 4.69) is 23.5 Å². The molecule has 0 radical (unpaired) electrons. The number of aryl methyl sites for hydroxylation is 2. The second-order valence-electron chi connectivity index (χ2n) is 8.54. The molecule has 1 N–H and O–H groups in total. The van der Waals surface area contributed by atoms with Crippen molar-refractivity contribution < 1.29 is 9.53 Å². The Hall–Kier alpha value is -4.38. The highest BCUT2D eigenvalue weighted by atomic mass is 16.5. The number of hydrogen-bond donors (Lipinski definition) is 1. The first-order valence-electron chi connectivity index (χ1n) is 11.8. The number of pyridine rings is 1. The summed E-state index contributed by atoms with van der Waals surface area (Å²) in [5.74, 6) is 1.10. The van der Waals surface area contributed by atoms with Crippen molar-refractivity contribution in [3.63, 3.8) is 0 Å². The first-order valence-corrected chi connectivity index (χ1v) is 11.8. The maximum absolute atomic E-state index is 12.7. The minimum atomic E-state index is -0.264. The van der Waals surface area contributed by atoms with Crippen LogP contribution in [-0.4, -0.2) is 15.4 Å². The summed E-state index contributed by atoms with van der Waals surface area (Å²) in [6.07, 6.45) is 2.96. The molecule has 0 saturated carbocycles. The summed E-state index contributed by atoms with van der Waals surface area (Å²) in [6, 6.07) is 31.9. The summed E-state index contributed by atoms with van der Waals surface area (Å²) < 4.78 is 7.88. The minimum absolute atomic E-state index is 0.264. The number of carbonyl (C=O) groups is 1. The van der Waals surface area contributed by atoms with Crippen molar-refractivity contribution >= 4 is 17.4 Å². The van der Waals surface area contributed by atoms with Gasteiger partial charge in [-0.2, -0.15) is 0 Å². The molecule has 0 fully saturated rings. The van der Waals surface area contributed by atoms with Crippen molar-refractivity contribution in [3.05, 3.63) is 120 Å². The van der Waals surface area contributed by atoms with Gasteiger partial charge in [-0.05, 0) is 54.3 Å². The van der Waals surface area contributed by atoms with Crippen LogP contribution in [0.25, 0.3) is 16.9 Å². The molecule has 0 saturated heterocycles. The summed E-state index contributed by atoms with van der Waals surface area (Å²) in [4.78, 5) is 17.6. The zero-order chi connectivity index (χ0) is 24.0. The Morgan fingerprint density at radius 1 is 0.886 bits per heavy atom. The van der Waals surface area contributed by atoms with Crippen LogP contribution >= 0.6 is 0 Å². The van der Waals surface area contributed by atoms with E-state index in [0.29, 0.717) is 25.1 Å². The monoisotopic (exact) mass is 461 g/mol. The number of nitrogens with one attached hydrogen (secondary N) is 1. The van der Waals surface area contributed by atoms with Crippen LogP contribution in [0.4, 0.5) is 5.82 Å². The number of esters is 1. The van der Waals surface area contributed by atoms with Crippen molar-refractivity contribution in [1.29, 1.82) is 0 Å². The van der Waals surface area contributed by atoms with Gasteiger partial charge in [0.1, 0.15) is 22.9 Å². The molecule has 2 aromatic heterocycles. The number of aromatic nitrogens is 2. The van der Waals surface area contributed by atoms with E-state index in [1.807, 2.05) is 96.4 Å². The highest BCUT2D eigenvalue weighted by molar-refractivity contribution is 5.83. The van der Waals surface area contributed by atoms with Gasteiger partial charge < -0.3 is 10.1 Å². The maximum Gasteiger partial charge on any atom is 0.311 e. The molecule has 3 aromatic carbocycles. The molecule has 5 aromatic rings. The zero-order valence-corrected chi connectivity index (χ0v) is 19.6. The zero-order valence-electron chi connectivity index (χ0n) is 19.6. The quantitative estimate of drug-likeness (QED) is 0.213. The molecule has 0 bridgehead atoms. The van der Waals surface area contributed by atoms with Gasteiger partial charge in [0.15, 0.2) is 0 Å². The van der Waals surface area contributed by atoms with Crippen molar-refractivity contribution in [2.24, 2.45) is 0 Å². The number of rotatable bonds is 8. The molecule has 174 valence electrons. The van der Waals surface area contributed by atoms with Gasteiger partial charge in [-0.15, -0.1) is 0 Å². The van der Waals surface area contributed by atoms with Gasteiger partial charge in [0.25, 0.3) is 0 Å². The number of ether oxygens (including phenoxy) is 1. The van der Waals surface area contributed by atoms with Crippen LogP contribution in [0.3, 0.4) is 0 Å². The third kappa shape index (κ3) is 5.25.